The van der Waals surface area contributed by atoms with Crippen LogP contribution < -0.4 is 10.2 Å². The van der Waals surface area contributed by atoms with E-state index in [2.05, 4.69) is 75.4 Å². The van der Waals surface area contributed by atoms with E-state index in [0.29, 0.717) is 0 Å². The van der Waals surface area contributed by atoms with E-state index >= 15 is 0 Å². The molecule has 19 heavy (non-hydrogen) atoms. The van der Waals surface area contributed by atoms with E-state index in [0.717, 1.165) is 29.1 Å². The second-order valence-electron chi connectivity index (χ2n) is 4.41. The van der Waals surface area contributed by atoms with Gasteiger partial charge in [-0.15, -0.1) is 0 Å². The van der Waals surface area contributed by atoms with E-state index < -0.39 is 0 Å². The van der Waals surface area contributed by atoms with Gasteiger partial charge in [-0.05, 0) is 30.7 Å². The summed E-state index contributed by atoms with van der Waals surface area (Å²) in [7, 11) is 2.09. The topological polar surface area (TPSA) is 28.2 Å². The number of hydrogen-bond acceptors (Lipinski definition) is 3. The van der Waals surface area contributed by atoms with Gasteiger partial charge in [-0.25, -0.2) is 4.98 Å². The Hall–Kier alpha value is -1.55. The van der Waals surface area contributed by atoms with Crippen molar-refractivity contribution < 1.29 is 0 Å². The van der Waals surface area contributed by atoms with Crippen LogP contribution in [0.5, 0.6) is 0 Å². The molecule has 1 heterocycles. The molecule has 100 valence electrons. The number of rotatable bonds is 5. The summed E-state index contributed by atoms with van der Waals surface area (Å²) in [6.45, 7) is 3.83. The molecule has 4 heteroatoms. The zero-order valence-corrected chi connectivity index (χ0v) is 12.8. The van der Waals surface area contributed by atoms with Gasteiger partial charge in [0.2, 0.25) is 0 Å². The van der Waals surface area contributed by atoms with Crippen LogP contribution in [0.4, 0.5) is 11.5 Å². The molecule has 0 atom stereocenters. The molecule has 0 aliphatic carbocycles. The molecule has 1 aromatic heterocycles. The third-order valence-electron chi connectivity index (χ3n) is 2.88. The van der Waals surface area contributed by atoms with Gasteiger partial charge in [0.05, 0.1) is 0 Å². The highest BCUT2D eigenvalue weighted by atomic mass is 79.9. The maximum absolute atomic E-state index is 4.29. The van der Waals surface area contributed by atoms with Crippen LogP contribution in [-0.4, -0.2) is 18.6 Å². The van der Waals surface area contributed by atoms with Crippen molar-refractivity contribution in [3.8, 4) is 0 Å². The van der Waals surface area contributed by atoms with E-state index in [9.17, 15) is 0 Å². The normalized spacial score (nSPS) is 10.3. The van der Waals surface area contributed by atoms with Gasteiger partial charge < -0.3 is 10.2 Å². The SMILES string of the molecule is CCNc1cc(N(C)Cc2ccc(Br)cc2)ccn1. The van der Waals surface area contributed by atoms with Gasteiger partial charge in [0.15, 0.2) is 0 Å². The second kappa shape index (κ2) is 6.57. The summed E-state index contributed by atoms with van der Waals surface area (Å²) in [5, 5.41) is 3.23. The number of nitrogens with zero attached hydrogens (tertiary/aromatic N) is 2. The van der Waals surface area contributed by atoms with Crippen molar-refractivity contribution in [2.45, 2.75) is 13.5 Å². The monoisotopic (exact) mass is 319 g/mol. The first-order valence-electron chi connectivity index (χ1n) is 6.34. The molecule has 0 unspecified atom stereocenters. The Kier molecular flexibility index (Phi) is 4.80. The lowest BCUT2D eigenvalue weighted by molar-refractivity contribution is 0.920. The molecule has 0 bridgehead atoms. The summed E-state index contributed by atoms with van der Waals surface area (Å²) in [6.07, 6.45) is 1.84. The Morgan fingerprint density at radius 1 is 1.21 bits per heavy atom. The van der Waals surface area contributed by atoms with Gasteiger partial charge in [0.1, 0.15) is 5.82 Å². The number of hydrogen-bond donors (Lipinski definition) is 1. The summed E-state index contributed by atoms with van der Waals surface area (Å²) < 4.78 is 1.11. The molecule has 0 aliphatic rings. The van der Waals surface area contributed by atoms with E-state index in [4.69, 9.17) is 0 Å². The number of halogens is 1. The first kappa shape index (κ1) is 13.9. The lowest BCUT2D eigenvalue weighted by atomic mass is 10.2. The molecule has 1 aromatic carbocycles. The van der Waals surface area contributed by atoms with Crippen LogP contribution in [0.3, 0.4) is 0 Å². The lowest BCUT2D eigenvalue weighted by Gasteiger charge is -2.20. The third-order valence-corrected chi connectivity index (χ3v) is 3.40. The molecule has 0 fully saturated rings. The highest BCUT2D eigenvalue weighted by Crippen LogP contribution is 2.19. The minimum Gasteiger partial charge on any atom is -0.370 e. The van der Waals surface area contributed by atoms with Crippen molar-refractivity contribution in [1.82, 2.24) is 4.98 Å². The van der Waals surface area contributed by atoms with Crippen molar-refractivity contribution in [2.75, 3.05) is 23.8 Å². The summed E-state index contributed by atoms with van der Waals surface area (Å²) in [6, 6.07) is 12.5. The van der Waals surface area contributed by atoms with Gasteiger partial charge in [-0.1, -0.05) is 28.1 Å². The molecule has 2 rings (SSSR count). The summed E-state index contributed by atoms with van der Waals surface area (Å²) in [5.74, 6) is 0.919. The van der Waals surface area contributed by atoms with Crippen LogP contribution in [0, 0.1) is 0 Å². The average Bonchev–Trinajstić information content (AvgIpc) is 2.42. The van der Waals surface area contributed by atoms with E-state index in [-0.39, 0.29) is 0 Å². The lowest BCUT2D eigenvalue weighted by Crippen LogP contribution is -2.16. The Morgan fingerprint density at radius 3 is 2.63 bits per heavy atom. The van der Waals surface area contributed by atoms with Crippen LogP contribution in [0.25, 0.3) is 0 Å². The molecular formula is C15H18BrN3. The average molecular weight is 320 g/mol. The summed E-state index contributed by atoms with van der Waals surface area (Å²) in [4.78, 5) is 6.50. The van der Waals surface area contributed by atoms with Gasteiger partial charge in [-0.3, -0.25) is 0 Å². The number of nitrogens with one attached hydrogen (secondary N) is 1. The standard InChI is InChI=1S/C15H18BrN3/c1-3-17-15-10-14(8-9-18-15)19(2)11-12-4-6-13(16)7-5-12/h4-10H,3,11H2,1-2H3,(H,17,18). The smallest absolute Gasteiger partial charge is 0.127 e. The summed E-state index contributed by atoms with van der Waals surface area (Å²) in [5.41, 5.74) is 2.45. The van der Waals surface area contributed by atoms with Crippen molar-refractivity contribution in [3.63, 3.8) is 0 Å². The quantitative estimate of drug-likeness (QED) is 0.905. The fourth-order valence-electron chi connectivity index (χ4n) is 1.89. The summed E-state index contributed by atoms with van der Waals surface area (Å²) >= 11 is 3.45. The van der Waals surface area contributed by atoms with Gasteiger partial charge in [0, 0.05) is 42.6 Å². The van der Waals surface area contributed by atoms with Gasteiger partial charge in [0.25, 0.3) is 0 Å². The molecular weight excluding hydrogens is 302 g/mol. The molecule has 0 amide bonds. The van der Waals surface area contributed by atoms with Crippen molar-refractivity contribution >= 4 is 27.4 Å². The predicted molar refractivity (Wildman–Crippen MR) is 84.6 cm³/mol. The Bertz CT molecular complexity index is 525. The van der Waals surface area contributed by atoms with E-state index in [1.165, 1.54) is 5.56 Å². The van der Waals surface area contributed by atoms with E-state index in [1.54, 1.807) is 0 Å². The molecule has 3 nitrogen and oxygen atoms in total. The van der Waals surface area contributed by atoms with Crippen LogP contribution in [0.1, 0.15) is 12.5 Å². The fourth-order valence-corrected chi connectivity index (χ4v) is 2.15. The Labute approximate surface area is 122 Å². The zero-order valence-electron chi connectivity index (χ0n) is 11.2. The molecule has 0 aliphatic heterocycles. The maximum atomic E-state index is 4.29. The first-order chi connectivity index (χ1) is 9.19. The highest BCUT2D eigenvalue weighted by molar-refractivity contribution is 9.10. The van der Waals surface area contributed by atoms with E-state index in [1.807, 2.05) is 12.3 Å². The number of aromatic nitrogens is 1. The first-order valence-corrected chi connectivity index (χ1v) is 7.14. The highest BCUT2D eigenvalue weighted by Gasteiger charge is 2.03. The number of anilines is 2. The van der Waals surface area contributed by atoms with Crippen LogP contribution in [-0.2, 0) is 6.54 Å². The minimum absolute atomic E-state index is 0.878. The molecule has 0 spiro atoms. The van der Waals surface area contributed by atoms with Crippen LogP contribution in [0.2, 0.25) is 0 Å². The predicted octanol–water partition coefficient (Wildman–Crippen LogP) is 3.91. The number of benzene rings is 1. The van der Waals surface area contributed by atoms with Crippen LogP contribution in [0.15, 0.2) is 47.1 Å². The van der Waals surface area contributed by atoms with Crippen molar-refractivity contribution in [1.29, 1.82) is 0 Å². The minimum atomic E-state index is 0.878. The zero-order chi connectivity index (χ0) is 13.7. The third kappa shape index (κ3) is 3.96. The molecule has 0 saturated carbocycles. The van der Waals surface area contributed by atoms with Crippen molar-refractivity contribution in [3.05, 3.63) is 52.6 Å². The Balaban J connectivity index is 2.08. The largest absolute Gasteiger partial charge is 0.370 e. The van der Waals surface area contributed by atoms with Crippen LogP contribution >= 0.6 is 15.9 Å². The van der Waals surface area contributed by atoms with Gasteiger partial charge >= 0.3 is 0 Å². The fraction of sp³-hybridized carbons (Fsp3) is 0.267. The molecule has 1 N–H and O–H groups in total. The number of pyridine rings is 1. The molecule has 0 radical (unpaired) electrons. The Morgan fingerprint density at radius 2 is 1.95 bits per heavy atom. The second-order valence-corrected chi connectivity index (χ2v) is 5.33. The van der Waals surface area contributed by atoms with Gasteiger partial charge in [-0.2, -0.15) is 0 Å². The van der Waals surface area contributed by atoms with Crippen molar-refractivity contribution in [2.24, 2.45) is 0 Å². The maximum Gasteiger partial charge on any atom is 0.127 e. The molecule has 0 saturated heterocycles. The molecule has 2 aromatic rings.